The summed E-state index contributed by atoms with van der Waals surface area (Å²) in [4.78, 5) is 13.3. The summed E-state index contributed by atoms with van der Waals surface area (Å²) >= 11 is 0. The van der Waals surface area contributed by atoms with E-state index in [0.29, 0.717) is 22.6 Å². The topological polar surface area (TPSA) is 148 Å². The molecule has 3 aromatic rings. The molecule has 0 amide bonds. The van der Waals surface area contributed by atoms with Gasteiger partial charge in [-0.2, -0.15) is 0 Å². The number of aliphatic hydroxyl groups is 4. The van der Waals surface area contributed by atoms with Crippen LogP contribution in [0, 0.1) is 0 Å². The van der Waals surface area contributed by atoms with Crippen LogP contribution in [-0.2, 0) is 4.74 Å². The maximum absolute atomic E-state index is 13.3. The molecule has 0 radical (unpaired) electrons. The van der Waals surface area contributed by atoms with E-state index in [-0.39, 0.29) is 16.9 Å². The Balaban J connectivity index is 1.85. The Hall–Kier alpha value is -3.15. The van der Waals surface area contributed by atoms with Crippen molar-refractivity contribution in [2.24, 2.45) is 0 Å². The van der Waals surface area contributed by atoms with Crippen LogP contribution in [0.15, 0.2) is 51.7 Å². The average Bonchev–Trinajstić information content (AvgIpc) is 2.85. The van der Waals surface area contributed by atoms with Gasteiger partial charge in [0.25, 0.3) is 0 Å². The van der Waals surface area contributed by atoms with Crippen LogP contribution in [0.1, 0.15) is 0 Å². The summed E-state index contributed by atoms with van der Waals surface area (Å²) in [5.74, 6) is 0.576. The first-order chi connectivity index (χ1) is 15.9. The van der Waals surface area contributed by atoms with E-state index in [1.54, 1.807) is 42.5 Å². The maximum atomic E-state index is 13.3. The molecule has 4 rings (SSSR count). The summed E-state index contributed by atoms with van der Waals surface area (Å²) in [6.07, 6.45) is -7.71. The van der Waals surface area contributed by atoms with Gasteiger partial charge in [0.05, 0.1) is 26.2 Å². The largest absolute Gasteiger partial charge is 0.493 e. The number of ether oxygens (including phenoxy) is 4. The van der Waals surface area contributed by atoms with Crippen LogP contribution >= 0.6 is 0 Å². The quantitative estimate of drug-likeness (QED) is 0.413. The minimum atomic E-state index is -1.70. The Morgan fingerprint density at radius 2 is 1.67 bits per heavy atom. The third kappa shape index (κ3) is 4.14. The fourth-order valence-corrected chi connectivity index (χ4v) is 3.68. The van der Waals surface area contributed by atoms with Crippen LogP contribution in [0.25, 0.3) is 22.3 Å². The van der Waals surface area contributed by atoms with Crippen LogP contribution < -0.4 is 19.6 Å². The zero-order chi connectivity index (χ0) is 23.7. The Kier molecular flexibility index (Phi) is 6.54. The number of rotatable bonds is 6. The molecule has 0 aliphatic carbocycles. The number of aliphatic hydroxyl groups excluding tert-OH is 4. The third-order valence-electron chi connectivity index (χ3n) is 5.48. The third-order valence-corrected chi connectivity index (χ3v) is 5.48. The van der Waals surface area contributed by atoms with Crippen LogP contribution in [0.3, 0.4) is 0 Å². The minimum Gasteiger partial charge on any atom is -0.493 e. The SMILES string of the molecule is COc1ccc(-c2oc3ccccc3c(=O)c2O[C@@H]2O[C@H](CO)[C@@H](O)[C@H](O)[C@H]2O)cc1OC. The van der Waals surface area contributed by atoms with Gasteiger partial charge in [-0.15, -0.1) is 0 Å². The highest BCUT2D eigenvalue weighted by Gasteiger charge is 2.45. The molecule has 10 nitrogen and oxygen atoms in total. The zero-order valence-corrected chi connectivity index (χ0v) is 17.9. The van der Waals surface area contributed by atoms with Gasteiger partial charge >= 0.3 is 0 Å². The van der Waals surface area contributed by atoms with E-state index < -0.39 is 42.7 Å². The molecular formula is C23H24O10. The number of para-hydroxylation sites is 1. The van der Waals surface area contributed by atoms with Gasteiger partial charge in [-0.3, -0.25) is 4.79 Å². The first-order valence-electron chi connectivity index (χ1n) is 10.1. The smallest absolute Gasteiger partial charge is 0.235 e. The minimum absolute atomic E-state index is 0.0246. The molecule has 176 valence electrons. The van der Waals surface area contributed by atoms with Crippen molar-refractivity contribution in [1.29, 1.82) is 0 Å². The second kappa shape index (κ2) is 9.38. The molecule has 5 atom stereocenters. The fraction of sp³-hybridized carbons (Fsp3) is 0.348. The van der Waals surface area contributed by atoms with Crippen molar-refractivity contribution in [3.05, 3.63) is 52.7 Å². The van der Waals surface area contributed by atoms with Gasteiger partial charge < -0.3 is 43.8 Å². The second-order valence-corrected chi connectivity index (χ2v) is 7.47. The monoisotopic (exact) mass is 460 g/mol. The van der Waals surface area contributed by atoms with Gasteiger partial charge in [-0.1, -0.05) is 12.1 Å². The molecule has 1 aliphatic heterocycles. The molecule has 4 N–H and O–H groups in total. The van der Waals surface area contributed by atoms with E-state index in [1.807, 2.05) is 0 Å². The van der Waals surface area contributed by atoms with Gasteiger partial charge in [0, 0.05) is 5.56 Å². The summed E-state index contributed by atoms with van der Waals surface area (Å²) in [6.45, 7) is -0.639. The van der Waals surface area contributed by atoms with Crippen molar-refractivity contribution in [3.63, 3.8) is 0 Å². The van der Waals surface area contributed by atoms with Crippen molar-refractivity contribution in [3.8, 4) is 28.6 Å². The van der Waals surface area contributed by atoms with E-state index >= 15 is 0 Å². The van der Waals surface area contributed by atoms with Gasteiger partial charge in [-0.25, -0.2) is 0 Å². The first kappa shape index (κ1) is 23.0. The van der Waals surface area contributed by atoms with Crippen LogP contribution in [0.5, 0.6) is 17.2 Å². The summed E-state index contributed by atoms with van der Waals surface area (Å²) in [7, 11) is 2.95. The van der Waals surface area contributed by atoms with Crippen LogP contribution in [0.4, 0.5) is 0 Å². The lowest BCUT2D eigenvalue weighted by Gasteiger charge is -2.39. The normalized spacial score (nSPS) is 25.1. The maximum Gasteiger partial charge on any atom is 0.235 e. The van der Waals surface area contributed by atoms with Crippen molar-refractivity contribution in [1.82, 2.24) is 0 Å². The van der Waals surface area contributed by atoms with Crippen molar-refractivity contribution < 1.29 is 43.8 Å². The molecule has 1 aromatic heterocycles. The summed E-state index contributed by atoms with van der Waals surface area (Å²) in [5, 5.41) is 40.2. The predicted octanol–water partition coefficient (Wildman–Crippen LogP) is 0.656. The van der Waals surface area contributed by atoms with Gasteiger partial charge in [0.15, 0.2) is 17.3 Å². The zero-order valence-electron chi connectivity index (χ0n) is 17.9. The lowest BCUT2D eigenvalue weighted by Crippen LogP contribution is -2.60. The van der Waals surface area contributed by atoms with Crippen molar-refractivity contribution >= 4 is 11.0 Å². The van der Waals surface area contributed by atoms with Gasteiger partial charge in [0.2, 0.25) is 17.5 Å². The molecule has 0 saturated carbocycles. The average molecular weight is 460 g/mol. The molecule has 0 unspecified atom stereocenters. The summed E-state index contributed by atoms with van der Waals surface area (Å²) in [6, 6.07) is 11.4. The number of fused-ring (bicyclic) bond motifs is 1. The number of benzene rings is 2. The number of methoxy groups -OCH3 is 2. The highest BCUT2D eigenvalue weighted by atomic mass is 16.7. The highest BCUT2D eigenvalue weighted by Crippen LogP contribution is 2.37. The Morgan fingerprint density at radius 1 is 0.939 bits per heavy atom. The molecule has 1 fully saturated rings. The van der Waals surface area contributed by atoms with E-state index in [4.69, 9.17) is 23.4 Å². The molecule has 0 bridgehead atoms. The predicted molar refractivity (Wildman–Crippen MR) is 115 cm³/mol. The van der Waals surface area contributed by atoms with Crippen molar-refractivity contribution in [2.75, 3.05) is 20.8 Å². The molecule has 33 heavy (non-hydrogen) atoms. The molecule has 1 saturated heterocycles. The highest BCUT2D eigenvalue weighted by molar-refractivity contribution is 5.82. The van der Waals surface area contributed by atoms with Crippen molar-refractivity contribution in [2.45, 2.75) is 30.7 Å². The lowest BCUT2D eigenvalue weighted by atomic mass is 9.99. The number of hydrogen-bond donors (Lipinski definition) is 4. The van der Waals surface area contributed by atoms with E-state index in [0.717, 1.165) is 0 Å². The van der Waals surface area contributed by atoms with Crippen LogP contribution in [0.2, 0.25) is 0 Å². The van der Waals surface area contributed by atoms with Gasteiger partial charge in [0.1, 0.15) is 30.0 Å². The summed E-state index contributed by atoms with van der Waals surface area (Å²) < 4.78 is 27.7. The molecule has 1 aliphatic rings. The fourth-order valence-electron chi connectivity index (χ4n) is 3.68. The van der Waals surface area contributed by atoms with Gasteiger partial charge in [-0.05, 0) is 30.3 Å². The molecule has 0 spiro atoms. The van der Waals surface area contributed by atoms with E-state index in [2.05, 4.69) is 0 Å². The Morgan fingerprint density at radius 3 is 2.36 bits per heavy atom. The summed E-state index contributed by atoms with van der Waals surface area (Å²) in [5.41, 5.74) is 0.169. The van der Waals surface area contributed by atoms with E-state index in [1.165, 1.54) is 14.2 Å². The molecular weight excluding hydrogens is 436 g/mol. The molecule has 2 heterocycles. The van der Waals surface area contributed by atoms with Crippen LogP contribution in [-0.4, -0.2) is 72.0 Å². The molecule has 10 heteroatoms. The standard InChI is InChI=1S/C23H24O10/c1-29-14-8-7-11(9-15(14)30-2)21-22(17(25)12-5-3-4-6-13(12)31-21)33-23-20(28)19(27)18(26)16(10-24)32-23/h3-9,16,18-20,23-24,26-28H,10H2,1-2H3/t16-,18-,19+,20-,23+/m1/s1. The first-order valence-corrected chi connectivity index (χ1v) is 10.1. The second-order valence-electron chi connectivity index (χ2n) is 7.47. The van der Waals surface area contributed by atoms with E-state index in [9.17, 15) is 25.2 Å². The lowest BCUT2D eigenvalue weighted by molar-refractivity contribution is -0.277. The molecule has 2 aromatic carbocycles. The Labute approximate surface area is 188 Å². The Bertz CT molecular complexity index is 1190. The number of hydrogen-bond acceptors (Lipinski definition) is 10.